The zero-order chi connectivity index (χ0) is 9.97. The minimum atomic E-state index is 0.256. The molecule has 1 aliphatic heterocycles. The SMILES string of the molecule is CSc1ccccc1N1CCCC1=O. The second-order valence-corrected chi connectivity index (χ2v) is 4.17. The van der Waals surface area contributed by atoms with Crippen LogP contribution in [0.4, 0.5) is 5.69 Å². The van der Waals surface area contributed by atoms with E-state index in [-0.39, 0.29) is 5.91 Å². The third kappa shape index (κ3) is 1.64. The summed E-state index contributed by atoms with van der Waals surface area (Å²) >= 11 is 1.69. The summed E-state index contributed by atoms with van der Waals surface area (Å²) in [6.45, 7) is 0.871. The second-order valence-electron chi connectivity index (χ2n) is 3.32. The van der Waals surface area contributed by atoms with Crippen molar-refractivity contribution in [3.8, 4) is 0 Å². The maximum atomic E-state index is 11.6. The number of anilines is 1. The Morgan fingerprint density at radius 3 is 2.79 bits per heavy atom. The Morgan fingerprint density at radius 1 is 1.36 bits per heavy atom. The van der Waals surface area contributed by atoms with Crippen LogP contribution >= 0.6 is 11.8 Å². The predicted octanol–water partition coefficient (Wildman–Crippen LogP) is 2.54. The summed E-state index contributed by atoms with van der Waals surface area (Å²) in [5.74, 6) is 0.256. The summed E-state index contributed by atoms with van der Waals surface area (Å²) < 4.78 is 0. The third-order valence-electron chi connectivity index (χ3n) is 2.45. The fourth-order valence-corrected chi connectivity index (χ4v) is 2.36. The minimum Gasteiger partial charge on any atom is -0.311 e. The maximum Gasteiger partial charge on any atom is 0.227 e. The highest BCUT2D eigenvalue weighted by atomic mass is 32.2. The van der Waals surface area contributed by atoms with Gasteiger partial charge in [-0.05, 0) is 24.8 Å². The van der Waals surface area contributed by atoms with Gasteiger partial charge in [-0.2, -0.15) is 0 Å². The molecule has 14 heavy (non-hydrogen) atoms. The molecule has 1 fully saturated rings. The van der Waals surface area contributed by atoms with Crippen LogP contribution in [0.15, 0.2) is 29.2 Å². The average molecular weight is 207 g/mol. The van der Waals surface area contributed by atoms with E-state index in [0.717, 1.165) is 18.7 Å². The highest BCUT2D eigenvalue weighted by Crippen LogP contribution is 2.30. The molecule has 0 bridgehead atoms. The Hall–Kier alpha value is -0.960. The van der Waals surface area contributed by atoms with Crippen molar-refractivity contribution in [2.24, 2.45) is 0 Å². The molecule has 0 aliphatic carbocycles. The monoisotopic (exact) mass is 207 g/mol. The lowest BCUT2D eigenvalue weighted by Gasteiger charge is -2.18. The van der Waals surface area contributed by atoms with Crippen molar-refractivity contribution in [1.82, 2.24) is 0 Å². The zero-order valence-corrected chi connectivity index (χ0v) is 9.01. The first-order valence-corrected chi connectivity index (χ1v) is 5.99. The molecule has 0 N–H and O–H groups in total. The molecule has 0 unspecified atom stereocenters. The maximum absolute atomic E-state index is 11.6. The first kappa shape index (κ1) is 9.59. The van der Waals surface area contributed by atoms with Gasteiger partial charge in [-0.1, -0.05) is 12.1 Å². The van der Waals surface area contributed by atoms with E-state index < -0.39 is 0 Å². The molecule has 1 aromatic carbocycles. The predicted molar refractivity (Wildman–Crippen MR) is 59.8 cm³/mol. The normalized spacial score (nSPS) is 16.4. The van der Waals surface area contributed by atoms with Gasteiger partial charge in [-0.25, -0.2) is 0 Å². The standard InChI is InChI=1S/C11H13NOS/c1-14-10-6-3-2-5-9(10)12-8-4-7-11(12)13/h2-3,5-6H,4,7-8H2,1H3. The van der Waals surface area contributed by atoms with E-state index in [1.54, 1.807) is 11.8 Å². The molecule has 3 heteroatoms. The molecule has 1 aromatic rings. The molecule has 0 saturated carbocycles. The molecular weight excluding hydrogens is 194 g/mol. The molecule has 0 spiro atoms. The molecule has 0 aromatic heterocycles. The van der Waals surface area contributed by atoms with Gasteiger partial charge in [0.1, 0.15) is 0 Å². The topological polar surface area (TPSA) is 20.3 Å². The number of carbonyl (C=O) groups is 1. The van der Waals surface area contributed by atoms with Gasteiger partial charge in [-0.15, -0.1) is 11.8 Å². The molecule has 2 rings (SSSR count). The van der Waals surface area contributed by atoms with Crippen molar-refractivity contribution >= 4 is 23.4 Å². The van der Waals surface area contributed by atoms with Crippen molar-refractivity contribution in [2.45, 2.75) is 17.7 Å². The lowest BCUT2D eigenvalue weighted by molar-refractivity contribution is -0.117. The van der Waals surface area contributed by atoms with Crippen LogP contribution in [-0.4, -0.2) is 18.7 Å². The highest BCUT2D eigenvalue weighted by Gasteiger charge is 2.23. The van der Waals surface area contributed by atoms with Gasteiger partial charge in [-0.3, -0.25) is 4.79 Å². The number of rotatable bonds is 2. The highest BCUT2D eigenvalue weighted by molar-refractivity contribution is 7.98. The molecule has 1 heterocycles. The van der Waals surface area contributed by atoms with Crippen molar-refractivity contribution in [3.63, 3.8) is 0 Å². The average Bonchev–Trinajstić information content (AvgIpc) is 2.64. The number of thioether (sulfide) groups is 1. The van der Waals surface area contributed by atoms with Crippen LogP contribution in [0.2, 0.25) is 0 Å². The lowest BCUT2D eigenvalue weighted by Crippen LogP contribution is -2.24. The number of nitrogens with zero attached hydrogens (tertiary/aromatic N) is 1. The zero-order valence-electron chi connectivity index (χ0n) is 8.19. The third-order valence-corrected chi connectivity index (χ3v) is 3.23. The van der Waals surface area contributed by atoms with Gasteiger partial charge in [0, 0.05) is 17.9 Å². The summed E-state index contributed by atoms with van der Waals surface area (Å²) in [5.41, 5.74) is 1.07. The van der Waals surface area contributed by atoms with Gasteiger partial charge in [0.2, 0.25) is 5.91 Å². The number of amides is 1. The number of hydrogen-bond acceptors (Lipinski definition) is 2. The van der Waals surface area contributed by atoms with Crippen LogP contribution in [0.25, 0.3) is 0 Å². The van der Waals surface area contributed by atoms with E-state index in [1.165, 1.54) is 4.90 Å². The number of carbonyl (C=O) groups excluding carboxylic acids is 1. The van der Waals surface area contributed by atoms with Crippen molar-refractivity contribution in [2.75, 3.05) is 17.7 Å². The summed E-state index contributed by atoms with van der Waals surface area (Å²) in [7, 11) is 0. The largest absolute Gasteiger partial charge is 0.311 e. The Labute approximate surface area is 88.3 Å². The number of hydrogen-bond donors (Lipinski definition) is 0. The molecule has 2 nitrogen and oxygen atoms in total. The Kier molecular flexibility index (Phi) is 2.77. The quantitative estimate of drug-likeness (QED) is 0.695. The van der Waals surface area contributed by atoms with Crippen LogP contribution in [0, 0.1) is 0 Å². The molecule has 1 aliphatic rings. The number of benzene rings is 1. The van der Waals surface area contributed by atoms with Gasteiger partial charge < -0.3 is 4.90 Å². The molecule has 0 radical (unpaired) electrons. The summed E-state index contributed by atoms with van der Waals surface area (Å²) in [5, 5.41) is 0. The second kappa shape index (κ2) is 4.05. The van der Waals surface area contributed by atoms with E-state index in [1.807, 2.05) is 29.4 Å². The summed E-state index contributed by atoms with van der Waals surface area (Å²) in [6, 6.07) is 8.08. The van der Waals surface area contributed by atoms with Crippen LogP contribution < -0.4 is 4.90 Å². The van der Waals surface area contributed by atoms with E-state index in [9.17, 15) is 4.79 Å². The van der Waals surface area contributed by atoms with Crippen LogP contribution in [0.1, 0.15) is 12.8 Å². The summed E-state index contributed by atoms with van der Waals surface area (Å²) in [6.07, 6.45) is 3.73. The van der Waals surface area contributed by atoms with Crippen molar-refractivity contribution in [3.05, 3.63) is 24.3 Å². The van der Waals surface area contributed by atoms with Crippen molar-refractivity contribution in [1.29, 1.82) is 0 Å². The van der Waals surface area contributed by atoms with E-state index in [4.69, 9.17) is 0 Å². The van der Waals surface area contributed by atoms with Gasteiger partial charge >= 0.3 is 0 Å². The minimum absolute atomic E-state index is 0.256. The molecule has 0 atom stereocenters. The molecule has 1 saturated heterocycles. The van der Waals surface area contributed by atoms with Crippen LogP contribution in [-0.2, 0) is 4.79 Å². The fraction of sp³-hybridized carbons (Fsp3) is 0.364. The molecule has 74 valence electrons. The Bertz CT molecular complexity index is 351. The van der Waals surface area contributed by atoms with E-state index in [2.05, 4.69) is 6.07 Å². The van der Waals surface area contributed by atoms with Gasteiger partial charge in [0.05, 0.1) is 5.69 Å². The van der Waals surface area contributed by atoms with Crippen LogP contribution in [0.3, 0.4) is 0 Å². The van der Waals surface area contributed by atoms with Gasteiger partial charge in [0.15, 0.2) is 0 Å². The molecule has 1 amide bonds. The van der Waals surface area contributed by atoms with Crippen LogP contribution in [0.5, 0.6) is 0 Å². The first-order valence-electron chi connectivity index (χ1n) is 4.76. The fourth-order valence-electron chi connectivity index (χ4n) is 1.76. The lowest BCUT2D eigenvalue weighted by atomic mass is 10.3. The van der Waals surface area contributed by atoms with Gasteiger partial charge in [0.25, 0.3) is 0 Å². The van der Waals surface area contributed by atoms with Crippen molar-refractivity contribution < 1.29 is 4.79 Å². The Morgan fingerprint density at radius 2 is 2.14 bits per heavy atom. The molecular formula is C11H13NOS. The van der Waals surface area contributed by atoms with E-state index in [0.29, 0.717) is 6.42 Å². The Balaban J connectivity index is 2.35. The number of para-hydroxylation sites is 1. The first-order chi connectivity index (χ1) is 6.83. The smallest absolute Gasteiger partial charge is 0.227 e. The summed E-state index contributed by atoms with van der Waals surface area (Å²) in [4.78, 5) is 14.6. The van der Waals surface area contributed by atoms with E-state index >= 15 is 0 Å².